The van der Waals surface area contributed by atoms with Crippen LogP contribution in [-0.4, -0.2) is 16.8 Å². The number of hydrogen-bond acceptors (Lipinski definition) is 1. The quantitative estimate of drug-likeness (QED) is 0.379. The van der Waals surface area contributed by atoms with Crippen LogP contribution in [0.4, 0.5) is 0 Å². The van der Waals surface area contributed by atoms with Gasteiger partial charge in [0.1, 0.15) is 0 Å². The normalized spacial score (nSPS) is 22.4. The first-order valence-electron chi connectivity index (χ1n) is 2.83. The van der Waals surface area contributed by atoms with Crippen molar-refractivity contribution >= 4 is 12.0 Å². The van der Waals surface area contributed by atoms with Gasteiger partial charge >= 0.3 is 5.71 Å². The summed E-state index contributed by atoms with van der Waals surface area (Å²) in [6.07, 6.45) is 8.14. The molecule has 10 heavy (non-hydrogen) atoms. The zero-order chi connectivity index (χ0) is 7.40. The molecule has 0 spiro atoms. The second kappa shape index (κ2) is 2.90. The minimum absolute atomic E-state index is 0.287. The molecule has 1 radical (unpaired) electrons. The van der Waals surface area contributed by atoms with Crippen molar-refractivity contribution in [1.82, 2.24) is 0 Å². The van der Waals surface area contributed by atoms with Crippen molar-refractivity contribution in [2.45, 2.75) is 0 Å². The van der Waals surface area contributed by atoms with Gasteiger partial charge in [0.2, 0.25) is 6.29 Å². The molecule has 1 aliphatic rings. The molecule has 0 saturated heterocycles. The van der Waals surface area contributed by atoms with Crippen molar-refractivity contribution in [3.63, 3.8) is 0 Å². The highest BCUT2D eigenvalue weighted by molar-refractivity contribution is 6.01. The number of hydrogen-bond donors (Lipinski definition) is 0. The van der Waals surface area contributed by atoms with Gasteiger partial charge in [-0.2, -0.15) is 4.79 Å². The Morgan fingerprint density at radius 2 is 2.10 bits per heavy atom. The van der Waals surface area contributed by atoms with Gasteiger partial charge in [-0.15, -0.1) is 0 Å². The molecule has 0 atom stereocenters. The molecule has 0 aromatic heterocycles. The fourth-order valence-corrected chi connectivity index (χ4v) is 0.669. The van der Waals surface area contributed by atoms with Gasteiger partial charge < -0.3 is 5.53 Å². The number of nitrogens with zero attached hydrogens (tertiary/aromatic N) is 2. The van der Waals surface area contributed by atoms with Crippen LogP contribution >= 0.6 is 0 Å². The Labute approximate surface area is 58.3 Å². The first kappa shape index (κ1) is 6.65. The number of allylic oxidation sites excluding steroid dienone is 4. The third kappa shape index (κ3) is 1.27. The first-order chi connectivity index (χ1) is 4.86. The number of carbonyl (C=O) groups excluding carboxylic acids is 1. The minimum Gasteiger partial charge on any atom is -0.361 e. The lowest BCUT2D eigenvalue weighted by Crippen LogP contribution is -2.02. The van der Waals surface area contributed by atoms with Crippen LogP contribution < -0.4 is 0 Å². The van der Waals surface area contributed by atoms with E-state index in [1.54, 1.807) is 30.6 Å². The predicted octanol–water partition coefficient (Wildman–Crippen LogP) is 0.509. The van der Waals surface area contributed by atoms with E-state index in [1.807, 2.05) is 0 Å². The molecule has 0 aliphatic heterocycles. The average molecular weight is 133 g/mol. The third-order valence-electron chi connectivity index (χ3n) is 1.20. The molecule has 0 heterocycles. The summed E-state index contributed by atoms with van der Waals surface area (Å²) in [7, 11) is 0. The zero-order valence-corrected chi connectivity index (χ0v) is 5.19. The average Bonchev–Trinajstić information content (AvgIpc) is 2.05. The molecule has 0 fully saturated rings. The Morgan fingerprint density at radius 1 is 1.50 bits per heavy atom. The topological polar surface area (TPSA) is 53.5 Å². The van der Waals surface area contributed by atoms with Crippen LogP contribution in [0, 0.1) is 5.92 Å². The van der Waals surface area contributed by atoms with Crippen LogP contribution in [0.25, 0.3) is 5.53 Å². The molecule has 0 amide bonds. The van der Waals surface area contributed by atoms with E-state index in [9.17, 15) is 4.79 Å². The summed E-state index contributed by atoms with van der Waals surface area (Å²) >= 11 is 0. The lowest BCUT2D eigenvalue weighted by Gasteiger charge is -1.95. The van der Waals surface area contributed by atoms with Gasteiger partial charge in [0, 0.05) is 12.2 Å². The van der Waals surface area contributed by atoms with E-state index in [-0.39, 0.29) is 5.92 Å². The summed E-state index contributed by atoms with van der Waals surface area (Å²) in [6, 6.07) is 0. The summed E-state index contributed by atoms with van der Waals surface area (Å²) in [5.74, 6) is -0.287. The molecule has 0 aromatic carbocycles. The van der Waals surface area contributed by atoms with Crippen LogP contribution in [0.15, 0.2) is 24.3 Å². The van der Waals surface area contributed by atoms with Crippen molar-refractivity contribution < 1.29 is 9.58 Å². The third-order valence-corrected chi connectivity index (χ3v) is 1.20. The molecule has 3 heteroatoms. The maximum absolute atomic E-state index is 10.0. The smallest absolute Gasteiger partial charge is 0.314 e. The Bertz CT molecular complexity index is 230. The van der Waals surface area contributed by atoms with Gasteiger partial charge in [0.15, 0.2) is 0 Å². The molecular weight excluding hydrogens is 128 g/mol. The van der Waals surface area contributed by atoms with E-state index in [2.05, 4.69) is 4.79 Å². The Hall–Kier alpha value is -1.47. The molecule has 1 rings (SSSR count). The molecular formula is C7H5N2O. The van der Waals surface area contributed by atoms with Gasteiger partial charge in [-0.3, -0.25) is 4.79 Å². The molecule has 0 bridgehead atoms. The molecule has 0 saturated carbocycles. The molecule has 1 aliphatic carbocycles. The monoisotopic (exact) mass is 133 g/mol. The summed E-state index contributed by atoms with van der Waals surface area (Å²) in [4.78, 5) is 13.0. The number of rotatable bonds is 1. The Kier molecular flexibility index (Phi) is 1.92. The summed E-state index contributed by atoms with van der Waals surface area (Å²) in [6.45, 7) is 0. The fourth-order valence-electron chi connectivity index (χ4n) is 0.669. The summed E-state index contributed by atoms with van der Waals surface area (Å²) < 4.78 is 0. The van der Waals surface area contributed by atoms with Gasteiger partial charge in [-0.05, 0) is 0 Å². The zero-order valence-electron chi connectivity index (χ0n) is 5.19. The van der Waals surface area contributed by atoms with Crippen molar-refractivity contribution in [2.75, 3.05) is 0 Å². The van der Waals surface area contributed by atoms with Gasteiger partial charge in [-0.25, -0.2) is 0 Å². The van der Waals surface area contributed by atoms with Crippen molar-refractivity contribution in [3.05, 3.63) is 29.8 Å². The molecule has 0 N–H and O–H groups in total. The van der Waals surface area contributed by atoms with Crippen LogP contribution in [0.3, 0.4) is 0 Å². The minimum atomic E-state index is -0.287. The van der Waals surface area contributed by atoms with Crippen LogP contribution in [0.1, 0.15) is 0 Å². The molecule has 0 unspecified atom stereocenters. The maximum Gasteiger partial charge on any atom is 0.314 e. The second-order valence-corrected chi connectivity index (χ2v) is 1.89. The standard InChI is InChI=1S/C7H5N2O/c8-9-7-3-1-6(5-10)2-4-7/h1-4,6H. The van der Waals surface area contributed by atoms with Crippen LogP contribution in [-0.2, 0) is 4.79 Å². The lowest BCUT2D eigenvalue weighted by atomic mass is 10.0. The van der Waals surface area contributed by atoms with E-state index in [0.717, 1.165) is 0 Å². The summed E-state index contributed by atoms with van der Waals surface area (Å²) in [5, 5.41) is 0. The van der Waals surface area contributed by atoms with Crippen molar-refractivity contribution in [3.8, 4) is 0 Å². The van der Waals surface area contributed by atoms with E-state index < -0.39 is 0 Å². The Balaban J connectivity index is 2.79. The van der Waals surface area contributed by atoms with E-state index >= 15 is 0 Å². The fraction of sp³-hybridized carbons (Fsp3) is 0.143. The van der Waals surface area contributed by atoms with E-state index in [4.69, 9.17) is 5.53 Å². The SMILES string of the molecule is [N-]=[N+]=C1C=CC([C]=O)C=C1. The lowest BCUT2D eigenvalue weighted by molar-refractivity contribution is -0.00164. The van der Waals surface area contributed by atoms with Gasteiger partial charge in [-0.1, -0.05) is 12.2 Å². The summed E-state index contributed by atoms with van der Waals surface area (Å²) in [5.41, 5.74) is 8.69. The van der Waals surface area contributed by atoms with Crippen LogP contribution in [0.5, 0.6) is 0 Å². The second-order valence-electron chi connectivity index (χ2n) is 1.89. The highest BCUT2D eigenvalue weighted by atomic mass is 16.1. The highest BCUT2D eigenvalue weighted by Gasteiger charge is 2.07. The van der Waals surface area contributed by atoms with E-state index in [0.29, 0.717) is 5.71 Å². The highest BCUT2D eigenvalue weighted by Crippen LogP contribution is 2.02. The largest absolute Gasteiger partial charge is 0.361 e. The van der Waals surface area contributed by atoms with Gasteiger partial charge in [0.25, 0.3) is 0 Å². The van der Waals surface area contributed by atoms with Gasteiger partial charge in [0.05, 0.1) is 5.92 Å². The predicted molar refractivity (Wildman–Crippen MR) is 36.1 cm³/mol. The Morgan fingerprint density at radius 3 is 2.50 bits per heavy atom. The maximum atomic E-state index is 10.0. The molecule has 0 aromatic rings. The van der Waals surface area contributed by atoms with Crippen LogP contribution in [0.2, 0.25) is 0 Å². The van der Waals surface area contributed by atoms with Crippen molar-refractivity contribution in [1.29, 1.82) is 0 Å². The van der Waals surface area contributed by atoms with Crippen molar-refractivity contribution in [2.24, 2.45) is 5.92 Å². The molecule has 49 valence electrons. The first-order valence-corrected chi connectivity index (χ1v) is 2.83. The molecule has 3 nitrogen and oxygen atoms in total. The van der Waals surface area contributed by atoms with E-state index in [1.165, 1.54) is 0 Å².